The van der Waals surface area contributed by atoms with E-state index < -0.39 is 0 Å². The quantitative estimate of drug-likeness (QED) is 0.812. The van der Waals surface area contributed by atoms with E-state index in [1.54, 1.807) is 23.0 Å². The molecule has 0 saturated carbocycles. The molecular formula is C11H15NOS2. The Labute approximate surface area is 98.5 Å². The molecule has 0 spiro atoms. The first kappa shape index (κ1) is 11.1. The Kier molecular flexibility index (Phi) is 4.20. The topological polar surface area (TPSA) is 30.0 Å². The lowest BCUT2D eigenvalue weighted by Gasteiger charge is -2.20. The van der Waals surface area contributed by atoms with E-state index in [-0.39, 0.29) is 0 Å². The predicted octanol–water partition coefficient (Wildman–Crippen LogP) is 2.79. The molecule has 0 radical (unpaired) electrons. The molecule has 1 aromatic rings. The van der Waals surface area contributed by atoms with Crippen molar-refractivity contribution in [3.63, 3.8) is 0 Å². The Morgan fingerprint density at radius 2 is 2.27 bits per heavy atom. The van der Waals surface area contributed by atoms with Crippen molar-refractivity contribution in [2.75, 3.05) is 11.5 Å². The molecule has 1 fully saturated rings. The summed E-state index contributed by atoms with van der Waals surface area (Å²) in [4.78, 5) is 16.8. The van der Waals surface area contributed by atoms with Gasteiger partial charge in [0.05, 0.1) is 5.51 Å². The number of rotatable bonds is 4. The molecule has 15 heavy (non-hydrogen) atoms. The molecule has 0 unspecified atom stereocenters. The number of hydrogen-bond donors (Lipinski definition) is 0. The van der Waals surface area contributed by atoms with Crippen molar-refractivity contribution < 1.29 is 4.79 Å². The summed E-state index contributed by atoms with van der Waals surface area (Å²) in [6.07, 6.45) is 5.62. The van der Waals surface area contributed by atoms with Crippen LogP contribution >= 0.6 is 23.1 Å². The summed E-state index contributed by atoms with van der Waals surface area (Å²) < 4.78 is 0. The fourth-order valence-electron chi connectivity index (χ4n) is 1.87. The fourth-order valence-corrected chi connectivity index (χ4v) is 3.70. The van der Waals surface area contributed by atoms with Gasteiger partial charge in [0, 0.05) is 23.9 Å². The maximum Gasteiger partial charge on any atom is 0.138 e. The van der Waals surface area contributed by atoms with Crippen LogP contribution in [0.25, 0.3) is 0 Å². The molecule has 1 aliphatic heterocycles. The average Bonchev–Trinajstić information content (AvgIpc) is 2.71. The molecule has 0 bridgehead atoms. The van der Waals surface area contributed by atoms with Gasteiger partial charge in [0.2, 0.25) is 0 Å². The third-order valence-corrected chi connectivity index (χ3v) is 4.54. The predicted molar refractivity (Wildman–Crippen MR) is 65.5 cm³/mol. The third kappa shape index (κ3) is 3.61. The molecule has 82 valence electrons. The lowest BCUT2D eigenvalue weighted by molar-refractivity contribution is -0.119. The number of Topliss-reactive ketones (excluding diaryl/α,β-unsaturated/α-hetero) is 1. The Bertz CT molecular complexity index is 304. The van der Waals surface area contributed by atoms with Gasteiger partial charge in [-0.2, -0.15) is 11.8 Å². The van der Waals surface area contributed by atoms with Gasteiger partial charge in [-0.3, -0.25) is 9.78 Å². The van der Waals surface area contributed by atoms with Gasteiger partial charge in [-0.1, -0.05) is 0 Å². The molecule has 0 aromatic carbocycles. The van der Waals surface area contributed by atoms with Gasteiger partial charge in [-0.05, 0) is 30.3 Å². The van der Waals surface area contributed by atoms with Crippen LogP contribution < -0.4 is 0 Å². The van der Waals surface area contributed by atoms with Crippen molar-refractivity contribution in [2.24, 2.45) is 5.92 Å². The Balaban J connectivity index is 1.76. The van der Waals surface area contributed by atoms with Gasteiger partial charge in [0.25, 0.3) is 0 Å². The zero-order valence-corrected chi connectivity index (χ0v) is 10.3. The lowest BCUT2D eigenvalue weighted by atomic mass is 9.95. The van der Waals surface area contributed by atoms with Crippen LogP contribution in [0.4, 0.5) is 0 Å². The lowest BCUT2D eigenvalue weighted by Crippen LogP contribution is -2.15. The highest BCUT2D eigenvalue weighted by atomic mass is 32.2. The van der Waals surface area contributed by atoms with E-state index in [4.69, 9.17) is 0 Å². The van der Waals surface area contributed by atoms with E-state index in [9.17, 15) is 4.79 Å². The number of thioether (sulfide) groups is 1. The van der Waals surface area contributed by atoms with Crippen LogP contribution in [0.5, 0.6) is 0 Å². The van der Waals surface area contributed by atoms with Crippen LogP contribution in [0.15, 0.2) is 11.7 Å². The number of carbonyl (C=O) groups excluding carboxylic acids is 1. The summed E-state index contributed by atoms with van der Waals surface area (Å²) in [7, 11) is 0. The van der Waals surface area contributed by atoms with Crippen molar-refractivity contribution in [3.8, 4) is 0 Å². The minimum absolute atomic E-state index is 0.385. The van der Waals surface area contributed by atoms with E-state index in [0.29, 0.717) is 18.1 Å². The molecule has 1 aromatic heterocycles. The Morgan fingerprint density at radius 1 is 1.47 bits per heavy atom. The molecule has 1 saturated heterocycles. The zero-order valence-electron chi connectivity index (χ0n) is 8.65. The van der Waals surface area contributed by atoms with Crippen LogP contribution in [0.2, 0.25) is 0 Å². The average molecular weight is 241 g/mol. The minimum Gasteiger partial charge on any atom is -0.299 e. The summed E-state index contributed by atoms with van der Waals surface area (Å²) >= 11 is 3.59. The number of nitrogens with zero attached hydrogens (tertiary/aromatic N) is 1. The molecule has 2 nitrogen and oxygen atoms in total. The van der Waals surface area contributed by atoms with Gasteiger partial charge < -0.3 is 0 Å². The first-order valence-corrected chi connectivity index (χ1v) is 7.35. The number of hydrogen-bond acceptors (Lipinski definition) is 4. The van der Waals surface area contributed by atoms with E-state index in [0.717, 1.165) is 11.3 Å². The first-order valence-electron chi connectivity index (χ1n) is 5.31. The Morgan fingerprint density at radius 3 is 2.93 bits per heavy atom. The van der Waals surface area contributed by atoms with Gasteiger partial charge in [-0.25, -0.2) is 0 Å². The van der Waals surface area contributed by atoms with Crippen molar-refractivity contribution in [2.45, 2.75) is 25.7 Å². The molecule has 4 heteroatoms. The van der Waals surface area contributed by atoms with Gasteiger partial charge in [0.15, 0.2) is 0 Å². The highest BCUT2D eigenvalue weighted by Crippen LogP contribution is 2.26. The van der Waals surface area contributed by atoms with Crippen molar-refractivity contribution in [1.82, 2.24) is 4.98 Å². The summed E-state index contributed by atoms with van der Waals surface area (Å²) in [6, 6.07) is 0. The van der Waals surface area contributed by atoms with Gasteiger partial charge in [0.1, 0.15) is 5.78 Å². The summed E-state index contributed by atoms with van der Waals surface area (Å²) in [5.74, 6) is 3.50. The number of carbonyl (C=O) groups is 1. The van der Waals surface area contributed by atoms with Crippen LogP contribution in [-0.2, 0) is 11.2 Å². The van der Waals surface area contributed by atoms with Crippen LogP contribution in [0, 0.1) is 5.92 Å². The van der Waals surface area contributed by atoms with Crippen molar-refractivity contribution >= 4 is 28.9 Å². The highest BCUT2D eigenvalue weighted by molar-refractivity contribution is 7.99. The number of ketones is 1. The van der Waals surface area contributed by atoms with E-state index in [1.807, 2.05) is 11.8 Å². The maximum absolute atomic E-state index is 11.8. The molecule has 2 heterocycles. The summed E-state index contributed by atoms with van der Waals surface area (Å²) in [5.41, 5.74) is 1.79. The van der Waals surface area contributed by atoms with Gasteiger partial charge >= 0.3 is 0 Å². The molecule has 0 atom stereocenters. The third-order valence-electron chi connectivity index (χ3n) is 2.71. The smallest absolute Gasteiger partial charge is 0.138 e. The van der Waals surface area contributed by atoms with E-state index >= 15 is 0 Å². The molecule has 0 amide bonds. The van der Waals surface area contributed by atoms with Crippen LogP contribution in [0.3, 0.4) is 0 Å². The van der Waals surface area contributed by atoms with Crippen molar-refractivity contribution in [1.29, 1.82) is 0 Å². The molecule has 1 aliphatic rings. The summed E-state index contributed by atoms with van der Waals surface area (Å²) in [6.45, 7) is 0. The maximum atomic E-state index is 11.8. The zero-order chi connectivity index (χ0) is 10.5. The second-order valence-electron chi connectivity index (χ2n) is 3.94. The largest absolute Gasteiger partial charge is 0.299 e. The second kappa shape index (κ2) is 5.66. The standard InChI is InChI=1S/C11H15NOS2/c13-10(6-11-7-12-8-15-11)5-9-1-3-14-4-2-9/h7-9H,1-6H2. The monoisotopic (exact) mass is 241 g/mol. The highest BCUT2D eigenvalue weighted by Gasteiger charge is 2.17. The van der Waals surface area contributed by atoms with Gasteiger partial charge in [-0.15, -0.1) is 11.3 Å². The molecule has 0 aliphatic carbocycles. The number of aromatic nitrogens is 1. The normalized spacial score (nSPS) is 17.9. The summed E-state index contributed by atoms with van der Waals surface area (Å²) in [5, 5.41) is 0. The molecule has 2 rings (SSSR count). The molecular weight excluding hydrogens is 226 g/mol. The van der Waals surface area contributed by atoms with Crippen LogP contribution in [-0.4, -0.2) is 22.3 Å². The molecule has 0 N–H and O–H groups in total. The Hall–Kier alpha value is -0.350. The van der Waals surface area contributed by atoms with Crippen LogP contribution in [0.1, 0.15) is 24.1 Å². The van der Waals surface area contributed by atoms with E-state index in [2.05, 4.69) is 4.98 Å². The second-order valence-corrected chi connectivity index (χ2v) is 6.14. The minimum atomic E-state index is 0.385. The fraction of sp³-hybridized carbons (Fsp3) is 0.636. The SMILES string of the molecule is O=C(Cc1cncs1)CC1CCSCC1. The van der Waals surface area contributed by atoms with Crippen molar-refractivity contribution in [3.05, 3.63) is 16.6 Å². The first-order chi connectivity index (χ1) is 7.34. The number of thiazole rings is 1. The van der Waals surface area contributed by atoms with E-state index in [1.165, 1.54) is 24.3 Å².